The molecule has 1 heterocycles. The Labute approximate surface area is 113 Å². The smallest absolute Gasteiger partial charge is 0.236 e. The fourth-order valence-electron chi connectivity index (χ4n) is 3.24. The van der Waals surface area contributed by atoms with Gasteiger partial charge in [0.25, 0.3) is 0 Å². The number of amides is 1. The van der Waals surface area contributed by atoms with Gasteiger partial charge < -0.3 is 20.9 Å². The summed E-state index contributed by atoms with van der Waals surface area (Å²) in [6.07, 6.45) is 5.42. The van der Waals surface area contributed by atoms with E-state index in [1.54, 1.807) is 4.90 Å². The average molecular weight is 269 g/mol. The lowest BCUT2D eigenvalue weighted by Crippen LogP contribution is -2.50. The highest BCUT2D eigenvalue weighted by molar-refractivity contribution is 6.06. The van der Waals surface area contributed by atoms with Crippen molar-refractivity contribution >= 4 is 11.7 Å². The number of aliphatic hydroxyl groups is 1. The van der Waals surface area contributed by atoms with Gasteiger partial charge >= 0.3 is 0 Å². The Morgan fingerprint density at radius 1 is 1.26 bits per heavy atom. The fraction of sp³-hybridized carbons (Fsp3) is 0.846. The first kappa shape index (κ1) is 14.1. The molecular weight excluding hydrogens is 246 g/mol. The lowest BCUT2D eigenvalue weighted by atomic mass is 9.77. The molecule has 6 nitrogen and oxygen atoms in total. The van der Waals surface area contributed by atoms with E-state index >= 15 is 0 Å². The SMILES string of the molecule is NC(=NO)C1(C(=O)N2CCC(O)C2)CCCCCC1. The normalized spacial score (nSPS) is 28.2. The minimum atomic E-state index is -0.866. The van der Waals surface area contributed by atoms with Crippen LogP contribution in [0.15, 0.2) is 5.16 Å². The second-order valence-corrected chi connectivity index (χ2v) is 5.68. The van der Waals surface area contributed by atoms with Crippen molar-refractivity contribution in [2.45, 2.75) is 51.0 Å². The molecule has 0 bridgehead atoms. The molecule has 1 aliphatic heterocycles. The van der Waals surface area contributed by atoms with E-state index in [4.69, 9.17) is 10.9 Å². The number of hydrogen-bond donors (Lipinski definition) is 3. The molecule has 4 N–H and O–H groups in total. The van der Waals surface area contributed by atoms with Crippen LogP contribution < -0.4 is 5.73 Å². The summed E-state index contributed by atoms with van der Waals surface area (Å²) in [4.78, 5) is 14.4. The summed E-state index contributed by atoms with van der Waals surface area (Å²) in [7, 11) is 0. The largest absolute Gasteiger partial charge is 0.409 e. The van der Waals surface area contributed by atoms with E-state index in [0.717, 1.165) is 25.7 Å². The molecule has 1 unspecified atom stereocenters. The average Bonchev–Trinajstić information content (AvgIpc) is 2.70. The molecule has 0 aromatic heterocycles. The molecule has 2 aliphatic rings. The van der Waals surface area contributed by atoms with Crippen molar-refractivity contribution in [2.75, 3.05) is 13.1 Å². The van der Waals surface area contributed by atoms with Crippen LogP contribution in [0.3, 0.4) is 0 Å². The minimum Gasteiger partial charge on any atom is -0.409 e. The van der Waals surface area contributed by atoms with Crippen LogP contribution in [0, 0.1) is 5.41 Å². The van der Waals surface area contributed by atoms with Crippen molar-refractivity contribution in [1.29, 1.82) is 0 Å². The fourth-order valence-corrected chi connectivity index (χ4v) is 3.24. The first-order valence-electron chi connectivity index (χ1n) is 7.05. The molecule has 19 heavy (non-hydrogen) atoms. The van der Waals surface area contributed by atoms with Crippen molar-refractivity contribution in [2.24, 2.45) is 16.3 Å². The number of carbonyl (C=O) groups is 1. The number of aliphatic hydroxyl groups excluding tert-OH is 1. The molecule has 0 spiro atoms. The predicted octanol–water partition coefficient (Wildman–Crippen LogP) is 0.667. The second kappa shape index (κ2) is 5.77. The van der Waals surface area contributed by atoms with E-state index in [9.17, 15) is 9.90 Å². The molecule has 6 heteroatoms. The Bertz CT molecular complexity index is 362. The molecule has 1 saturated heterocycles. The zero-order valence-corrected chi connectivity index (χ0v) is 11.2. The molecule has 1 atom stereocenters. The van der Waals surface area contributed by atoms with E-state index in [1.165, 1.54) is 0 Å². The predicted molar refractivity (Wildman–Crippen MR) is 70.7 cm³/mol. The third-order valence-electron chi connectivity index (χ3n) is 4.42. The van der Waals surface area contributed by atoms with Gasteiger partial charge in [0.2, 0.25) is 5.91 Å². The van der Waals surface area contributed by atoms with Gasteiger partial charge in [-0.2, -0.15) is 0 Å². The molecule has 1 saturated carbocycles. The number of amidine groups is 1. The molecule has 0 aromatic rings. The monoisotopic (exact) mass is 269 g/mol. The topological polar surface area (TPSA) is 99.2 Å². The van der Waals surface area contributed by atoms with Crippen LogP contribution in [0.1, 0.15) is 44.9 Å². The van der Waals surface area contributed by atoms with Gasteiger partial charge in [0.1, 0.15) is 5.41 Å². The van der Waals surface area contributed by atoms with Gasteiger partial charge in [-0.25, -0.2) is 0 Å². The molecule has 0 aromatic carbocycles. The van der Waals surface area contributed by atoms with Gasteiger partial charge in [-0.1, -0.05) is 30.8 Å². The molecule has 1 aliphatic carbocycles. The van der Waals surface area contributed by atoms with Crippen LogP contribution in [0.5, 0.6) is 0 Å². The summed E-state index contributed by atoms with van der Waals surface area (Å²) in [5.74, 6) is -0.0537. The molecular formula is C13H23N3O3. The molecule has 2 fully saturated rings. The zero-order valence-electron chi connectivity index (χ0n) is 11.2. The highest BCUT2D eigenvalue weighted by atomic mass is 16.4. The van der Waals surface area contributed by atoms with Gasteiger partial charge in [0.15, 0.2) is 5.84 Å². The van der Waals surface area contributed by atoms with Crippen molar-refractivity contribution in [3.8, 4) is 0 Å². The molecule has 108 valence electrons. The second-order valence-electron chi connectivity index (χ2n) is 5.68. The quantitative estimate of drug-likeness (QED) is 0.225. The first-order chi connectivity index (χ1) is 9.10. The Kier molecular flexibility index (Phi) is 4.29. The summed E-state index contributed by atoms with van der Waals surface area (Å²) in [6, 6.07) is 0. The Hall–Kier alpha value is -1.30. The third-order valence-corrected chi connectivity index (χ3v) is 4.42. The summed E-state index contributed by atoms with van der Waals surface area (Å²) < 4.78 is 0. The summed E-state index contributed by atoms with van der Waals surface area (Å²) in [5.41, 5.74) is 4.98. The number of likely N-dealkylation sites (tertiary alicyclic amines) is 1. The van der Waals surface area contributed by atoms with E-state index in [-0.39, 0.29) is 11.7 Å². The van der Waals surface area contributed by atoms with E-state index < -0.39 is 11.5 Å². The molecule has 1 amide bonds. The number of carbonyl (C=O) groups excluding carboxylic acids is 1. The number of β-amino-alcohol motifs (C(OH)–C–C–N with tert-alkyl or cyclic N) is 1. The Morgan fingerprint density at radius 2 is 1.89 bits per heavy atom. The van der Waals surface area contributed by atoms with Gasteiger partial charge in [0.05, 0.1) is 6.10 Å². The van der Waals surface area contributed by atoms with Crippen LogP contribution in [0.25, 0.3) is 0 Å². The Balaban J connectivity index is 2.23. The van der Waals surface area contributed by atoms with Crippen LogP contribution in [-0.4, -0.2) is 46.1 Å². The molecule has 2 rings (SSSR count). The van der Waals surface area contributed by atoms with Crippen LogP contribution in [0.4, 0.5) is 0 Å². The summed E-state index contributed by atoms with van der Waals surface area (Å²) in [6.45, 7) is 0.916. The first-order valence-corrected chi connectivity index (χ1v) is 7.05. The maximum Gasteiger partial charge on any atom is 0.236 e. The van der Waals surface area contributed by atoms with E-state index in [0.29, 0.717) is 32.4 Å². The maximum absolute atomic E-state index is 12.8. The maximum atomic E-state index is 12.8. The highest BCUT2D eigenvalue weighted by Gasteiger charge is 2.46. The minimum absolute atomic E-state index is 0.0285. The summed E-state index contributed by atoms with van der Waals surface area (Å²) in [5, 5.41) is 21.7. The van der Waals surface area contributed by atoms with Crippen molar-refractivity contribution < 1.29 is 15.1 Å². The van der Waals surface area contributed by atoms with Crippen molar-refractivity contribution in [3.05, 3.63) is 0 Å². The number of nitrogens with two attached hydrogens (primary N) is 1. The lowest BCUT2D eigenvalue weighted by molar-refractivity contribution is -0.138. The van der Waals surface area contributed by atoms with Crippen LogP contribution >= 0.6 is 0 Å². The van der Waals surface area contributed by atoms with Crippen LogP contribution in [-0.2, 0) is 4.79 Å². The van der Waals surface area contributed by atoms with Crippen molar-refractivity contribution in [3.63, 3.8) is 0 Å². The number of hydrogen-bond acceptors (Lipinski definition) is 4. The van der Waals surface area contributed by atoms with Crippen LogP contribution in [0.2, 0.25) is 0 Å². The summed E-state index contributed by atoms with van der Waals surface area (Å²) >= 11 is 0. The van der Waals surface area contributed by atoms with Crippen molar-refractivity contribution in [1.82, 2.24) is 4.90 Å². The number of rotatable bonds is 2. The highest BCUT2D eigenvalue weighted by Crippen LogP contribution is 2.38. The van der Waals surface area contributed by atoms with Gasteiger partial charge in [-0.15, -0.1) is 0 Å². The number of nitrogens with zero attached hydrogens (tertiary/aromatic N) is 2. The lowest BCUT2D eigenvalue weighted by Gasteiger charge is -2.33. The number of oxime groups is 1. The third kappa shape index (κ3) is 2.68. The van der Waals surface area contributed by atoms with Gasteiger partial charge in [0, 0.05) is 13.1 Å². The standard InChI is InChI=1S/C13H23N3O3/c14-11(15-19)13(6-3-1-2-4-7-13)12(18)16-8-5-10(17)9-16/h10,17,19H,1-9H2,(H2,14,15). The van der Waals surface area contributed by atoms with Gasteiger partial charge in [-0.05, 0) is 19.3 Å². The zero-order chi connectivity index (χ0) is 13.9. The Morgan fingerprint density at radius 3 is 2.37 bits per heavy atom. The van der Waals surface area contributed by atoms with Gasteiger partial charge in [-0.3, -0.25) is 4.79 Å². The molecule has 0 radical (unpaired) electrons. The van der Waals surface area contributed by atoms with E-state index in [2.05, 4.69) is 5.16 Å². The van der Waals surface area contributed by atoms with E-state index in [1.807, 2.05) is 0 Å².